The van der Waals surface area contributed by atoms with Crippen LogP contribution in [0.15, 0.2) is 0 Å². The van der Waals surface area contributed by atoms with Gasteiger partial charge in [0, 0.05) is 18.4 Å². The van der Waals surface area contributed by atoms with E-state index in [0.29, 0.717) is 18.8 Å². The van der Waals surface area contributed by atoms with Gasteiger partial charge in [-0.1, -0.05) is 0 Å². The van der Waals surface area contributed by atoms with Gasteiger partial charge < -0.3 is 15.7 Å². The molecule has 0 bridgehead atoms. The second-order valence-corrected chi connectivity index (χ2v) is 6.06. The summed E-state index contributed by atoms with van der Waals surface area (Å²) in [6.07, 6.45) is 4.32. The van der Waals surface area contributed by atoms with Gasteiger partial charge in [0.2, 0.25) is 5.91 Å². The van der Waals surface area contributed by atoms with Crippen molar-refractivity contribution in [1.29, 1.82) is 0 Å². The average molecular weight is 270 g/mol. The Kier molecular flexibility index (Phi) is 6.28. The van der Waals surface area contributed by atoms with Gasteiger partial charge in [-0.3, -0.25) is 9.59 Å². The van der Waals surface area contributed by atoms with Gasteiger partial charge in [-0.05, 0) is 58.5 Å². The number of piperidine rings is 1. The van der Waals surface area contributed by atoms with Crippen molar-refractivity contribution in [2.75, 3.05) is 13.1 Å². The third kappa shape index (κ3) is 7.15. The predicted molar refractivity (Wildman–Crippen MR) is 73.9 cm³/mol. The number of carbonyl (C=O) groups is 2. The van der Waals surface area contributed by atoms with Crippen molar-refractivity contribution in [3.63, 3.8) is 0 Å². The van der Waals surface area contributed by atoms with E-state index >= 15 is 0 Å². The predicted octanol–water partition coefficient (Wildman–Crippen LogP) is 1.53. The Bertz CT molecular complexity index is 310. The number of carbonyl (C=O) groups excluding carboxylic acids is 1. The molecule has 19 heavy (non-hydrogen) atoms. The highest BCUT2D eigenvalue weighted by atomic mass is 16.4. The molecule has 5 nitrogen and oxygen atoms in total. The molecule has 0 saturated carbocycles. The Morgan fingerprint density at radius 2 is 1.89 bits per heavy atom. The molecule has 1 rings (SSSR count). The molecule has 0 atom stereocenters. The Balaban J connectivity index is 2.23. The number of amides is 1. The monoisotopic (exact) mass is 270 g/mol. The van der Waals surface area contributed by atoms with Crippen LogP contribution in [0.4, 0.5) is 0 Å². The van der Waals surface area contributed by atoms with E-state index in [4.69, 9.17) is 5.11 Å². The molecule has 1 amide bonds. The second kappa shape index (κ2) is 7.48. The molecule has 0 aromatic carbocycles. The largest absolute Gasteiger partial charge is 0.481 e. The van der Waals surface area contributed by atoms with Crippen molar-refractivity contribution >= 4 is 11.9 Å². The van der Waals surface area contributed by atoms with Gasteiger partial charge in [-0.25, -0.2) is 0 Å². The summed E-state index contributed by atoms with van der Waals surface area (Å²) in [5, 5.41) is 14.9. The molecule has 1 heterocycles. The van der Waals surface area contributed by atoms with Crippen molar-refractivity contribution in [2.24, 2.45) is 5.92 Å². The summed E-state index contributed by atoms with van der Waals surface area (Å²) in [5.74, 6) is -0.139. The van der Waals surface area contributed by atoms with Crippen LogP contribution in [0.1, 0.15) is 52.4 Å². The maximum absolute atomic E-state index is 11.9. The molecular formula is C14H26N2O3. The van der Waals surface area contributed by atoms with Crippen LogP contribution in [0.25, 0.3) is 0 Å². The van der Waals surface area contributed by atoms with Crippen molar-refractivity contribution in [3.8, 4) is 0 Å². The third-order valence-electron chi connectivity index (χ3n) is 3.68. The number of hydrogen-bond donors (Lipinski definition) is 3. The third-order valence-corrected chi connectivity index (χ3v) is 3.68. The minimum absolute atomic E-state index is 0.0360. The van der Waals surface area contributed by atoms with Crippen LogP contribution in [-0.2, 0) is 9.59 Å². The molecule has 5 heteroatoms. The summed E-state index contributed by atoms with van der Waals surface area (Å²) in [6.45, 7) is 5.85. The first-order valence-corrected chi connectivity index (χ1v) is 7.12. The molecule has 0 aromatic rings. The van der Waals surface area contributed by atoms with E-state index in [0.717, 1.165) is 32.4 Å². The standard InChI is InChI=1S/C14H26N2O3/c1-14(2,8-5-13(18)19)16-12(17)4-3-11-6-9-15-10-7-11/h11,15H,3-10H2,1-2H3,(H,16,17)(H,18,19). The topological polar surface area (TPSA) is 78.4 Å². The molecule has 0 spiro atoms. The molecule has 0 radical (unpaired) electrons. The summed E-state index contributed by atoms with van der Waals surface area (Å²) < 4.78 is 0. The molecule has 0 unspecified atom stereocenters. The zero-order valence-electron chi connectivity index (χ0n) is 12.0. The molecule has 0 aromatic heterocycles. The molecule has 1 saturated heterocycles. The smallest absolute Gasteiger partial charge is 0.303 e. The molecule has 1 fully saturated rings. The Hall–Kier alpha value is -1.10. The van der Waals surface area contributed by atoms with Gasteiger partial charge in [0.1, 0.15) is 0 Å². The van der Waals surface area contributed by atoms with Gasteiger partial charge in [0.25, 0.3) is 0 Å². The Morgan fingerprint density at radius 3 is 2.47 bits per heavy atom. The van der Waals surface area contributed by atoms with E-state index in [2.05, 4.69) is 10.6 Å². The van der Waals surface area contributed by atoms with Crippen LogP contribution >= 0.6 is 0 Å². The second-order valence-electron chi connectivity index (χ2n) is 6.06. The zero-order valence-corrected chi connectivity index (χ0v) is 12.0. The normalized spacial score (nSPS) is 17.2. The quantitative estimate of drug-likeness (QED) is 0.655. The summed E-state index contributed by atoms with van der Waals surface area (Å²) >= 11 is 0. The van der Waals surface area contributed by atoms with E-state index in [1.165, 1.54) is 0 Å². The van der Waals surface area contributed by atoms with E-state index < -0.39 is 11.5 Å². The number of hydrogen-bond acceptors (Lipinski definition) is 3. The summed E-state index contributed by atoms with van der Waals surface area (Å²) in [7, 11) is 0. The number of rotatable bonds is 7. The number of carboxylic acid groups (broad SMARTS) is 1. The van der Waals surface area contributed by atoms with Gasteiger partial charge in [-0.2, -0.15) is 0 Å². The molecule has 1 aliphatic heterocycles. The lowest BCUT2D eigenvalue weighted by Crippen LogP contribution is -2.43. The molecule has 110 valence electrons. The molecule has 3 N–H and O–H groups in total. The molecule has 0 aliphatic carbocycles. The Labute approximate surface area is 115 Å². The number of carboxylic acids is 1. The van der Waals surface area contributed by atoms with Crippen molar-refractivity contribution < 1.29 is 14.7 Å². The summed E-state index contributed by atoms with van der Waals surface area (Å²) in [4.78, 5) is 22.4. The lowest BCUT2D eigenvalue weighted by Gasteiger charge is -2.27. The maximum Gasteiger partial charge on any atom is 0.303 e. The van der Waals surface area contributed by atoms with Crippen molar-refractivity contribution in [1.82, 2.24) is 10.6 Å². The fourth-order valence-corrected chi connectivity index (χ4v) is 2.43. The van der Waals surface area contributed by atoms with E-state index in [9.17, 15) is 9.59 Å². The van der Waals surface area contributed by atoms with E-state index in [-0.39, 0.29) is 12.3 Å². The van der Waals surface area contributed by atoms with Crippen LogP contribution in [-0.4, -0.2) is 35.6 Å². The van der Waals surface area contributed by atoms with Crippen LogP contribution in [0.2, 0.25) is 0 Å². The maximum atomic E-state index is 11.9. The number of aliphatic carboxylic acids is 1. The van der Waals surface area contributed by atoms with Gasteiger partial charge in [0.05, 0.1) is 0 Å². The molecular weight excluding hydrogens is 244 g/mol. The van der Waals surface area contributed by atoms with Crippen LogP contribution in [0, 0.1) is 5.92 Å². The lowest BCUT2D eigenvalue weighted by atomic mass is 9.92. The van der Waals surface area contributed by atoms with Gasteiger partial charge in [-0.15, -0.1) is 0 Å². The summed E-state index contributed by atoms with van der Waals surface area (Å²) in [5.41, 5.74) is -0.441. The van der Waals surface area contributed by atoms with Crippen molar-refractivity contribution in [3.05, 3.63) is 0 Å². The first-order chi connectivity index (χ1) is 8.89. The average Bonchev–Trinajstić information content (AvgIpc) is 2.35. The zero-order chi connectivity index (χ0) is 14.3. The first kappa shape index (κ1) is 16.0. The summed E-state index contributed by atoms with van der Waals surface area (Å²) in [6, 6.07) is 0. The minimum atomic E-state index is -0.822. The Morgan fingerprint density at radius 1 is 1.26 bits per heavy atom. The number of nitrogens with one attached hydrogen (secondary N) is 2. The van der Waals surface area contributed by atoms with Gasteiger partial charge >= 0.3 is 5.97 Å². The lowest BCUT2D eigenvalue weighted by molar-refractivity contribution is -0.137. The van der Waals surface area contributed by atoms with E-state index in [1.807, 2.05) is 13.8 Å². The van der Waals surface area contributed by atoms with Crippen LogP contribution < -0.4 is 10.6 Å². The minimum Gasteiger partial charge on any atom is -0.481 e. The fraction of sp³-hybridized carbons (Fsp3) is 0.857. The highest BCUT2D eigenvalue weighted by Crippen LogP contribution is 2.18. The van der Waals surface area contributed by atoms with Crippen molar-refractivity contribution in [2.45, 2.75) is 57.9 Å². The first-order valence-electron chi connectivity index (χ1n) is 7.12. The SMILES string of the molecule is CC(C)(CCC(=O)O)NC(=O)CCC1CCNCC1. The van der Waals surface area contributed by atoms with Gasteiger partial charge in [0.15, 0.2) is 0 Å². The highest BCUT2D eigenvalue weighted by Gasteiger charge is 2.22. The molecule has 1 aliphatic rings. The van der Waals surface area contributed by atoms with Crippen LogP contribution in [0.3, 0.4) is 0 Å². The highest BCUT2D eigenvalue weighted by molar-refractivity contribution is 5.76. The van der Waals surface area contributed by atoms with E-state index in [1.54, 1.807) is 0 Å². The fourth-order valence-electron chi connectivity index (χ4n) is 2.43. The van der Waals surface area contributed by atoms with Crippen LogP contribution in [0.5, 0.6) is 0 Å².